The third-order valence-electron chi connectivity index (χ3n) is 4.00. The highest BCUT2D eigenvalue weighted by Crippen LogP contribution is 2.37. The summed E-state index contributed by atoms with van der Waals surface area (Å²) in [4.78, 5) is 39.0. The molecular weight excluding hydrogens is 296 g/mol. The molecule has 3 amide bonds. The van der Waals surface area contributed by atoms with Crippen LogP contribution in [-0.2, 0) is 14.4 Å². The number of carbonyl (C=O) groups is 3. The summed E-state index contributed by atoms with van der Waals surface area (Å²) in [6.07, 6.45) is 5.31. The number of rotatable bonds is 2. The van der Waals surface area contributed by atoms with E-state index in [9.17, 15) is 14.4 Å². The number of fused-ring (bicyclic) bond motifs is 1. The van der Waals surface area contributed by atoms with Gasteiger partial charge >= 0.3 is 0 Å². The smallest absolute Gasteiger partial charge is 0.265 e. The van der Waals surface area contributed by atoms with E-state index in [0.717, 1.165) is 4.90 Å². The molecule has 0 saturated heterocycles. The van der Waals surface area contributed by atoms with Gasteiger partial charge in [0.2, 0.25) is 0 Å². The fourth-order valence-electron chi connectivity index (χ4n) is 2.58. The number of benzene rings is 1. The Balaban J connectivity index is 2.05. The zero-order valence-electron chi connectivity index (χ0n) is 12.8. The molecule has 2 aliphatic heterocycles. The lowest BCUT2D eigenvalue weighted by Gasteiger charge is -2.29. The van der Waals surface area contributed by atoms with E-state index in [1.807, 2.05) is 0 Å². The molecular formula is C17H14N2O4. The summed E-state index contributed by atoms with van der Waals surface area (Å²) >= 11 is 0. The standard InChI is InChI=1S/C17H14N2O4/c1-4-7-18-13-8-12(5-6-14(13)23-9-15(18)20)19-16(21)10(2)11(3)17(19)22/h1,5-6,8H,7,9H2,2-3H3. The average Bonchev–Trinajstić information content (AvgIpc) is 2.73. The molecule has 0 aromatic heterocycles. The third-order valence-corrected chi connectivity index (χ3v) is 4.00. The van der Waals surface area contributed by atoms with Crippen molar-refractivity contribution in [3.63, 3.8) is 0 Å². The first-order chi connectivity index (χ1) is 11.0. The van der Waals surface area contributed by atoms with E-state index in [1.54, 1.807) is 32.0 Å². The second kappa shape index (κ2) is 5.29. The fourth-order valence-corrected chi connectivity index (χ4v) is 2.58. The maximum absolute atomic E-state index is 12.3. The van der Waals surface area contributed by atoms with Crippen LogP contribution < -0.4 is 14.5 Å². The summed E-state index contributed by atoms with van der Waals surface area (Å²) in [5, 5.41) is 0. The van der Waals surface area contributed by atoms with Crippen LogP contribution in [0.25, 0.3) is 0 Å². The highest BCUT2D eigenvalue weighted by atomic mass is 16.5. The molecule has 0 saturated carbocycles. The summed E-state index contributed by atoms with van der Waals surface area (Å²) < 4.78 is 5.37. The molecule has 0 aliphatic carbocycles. The Morgan fingerprint density at radius 3 is 2.43 bits per heavy atom. The van der Waals surface area contributed by atoms with Crippen molar-refractivity contribution in [1.82, 2.24) is 0 Å². The van der Waals surface area contributed by atoms with Crippen molar-refractivity contribution in [1.29, 1.82) is 0 Å². The summed E-state index contributed by atoms with van der Waals surface area (Å²) in [5.41, 5.74) is 1.68. The number of hydrogen-bond acceptors (Lipinski definition) is 4. The molecule has 0 unspecified atom stereocenters. The maximum Gasteiger partial charge on any atom is 0.265 e. The topological polar surface area (TPSA) is 66.9 Å². The van der Waals surface area contributed by atoms with E-state index in [2.05, 4.69) is 5.92 Å². The molecule has 6 nitrogen and oxygen atoms in total. The van der Waals surface area contributed by atoms with Gasteiger partial charge in [-0.15, -0.1) is 6.42 Å². The van der Waals surface area contributed by atoms with Crippen LogP contribution in [0.2, 0.25) is 0 Å². The van der Waals surface area contributed by atoms with Gasteiger partial charge in [-0.25, -0.2) is 4.90 Å². The number of anilines is 2. The van der Waals surface area contributed by atoms with Crippen LogP contribution in [0.5, 0.6) is 5.75 Å². The molecule has 2 aliphatic rings. The van der Waals surface area contributed by atoms with Crippen molar-refractivity contribution in [3.8, 4) is 18.1 Å². The van der Waals surface area contributed by atoms with Gasteiger partial charge in [0.15, 0.2) is 6.61 Å². The second-order valence-corrected chi connectivity index (χ2v) is 5.32. The first-order valence-corrected chi connectivity index (χ1v) is 7.02. The Kier molecular flexibility index (Phi) is 3.41. The van der Waals surface area contributed by atoms with Gasteiger partial charge in [-0.05, 0) is 32.0 Å². The molecule has 23 heavy (non-hydrogen) atoms. The molecule has 0 bridgehead atoms. The third kappa shape index (κ3) is 2.18. The van der Waals surface area contributed by atoms with Crippen LogP contribution in [0.4, 0.5) is 11.4 Å². The quantitative estimate of drug-likeness (QED) is 0.609. The predicted octanol–water partition coefficient (Wildman–Crippen LogP) is 1.25. The molecule has 116 valence electrons. The van der Waals surface area contributed by atoms with E-state index < -0.39 is 0 Å². The van der Waals surface area contributed by atoms with Crippen LogP contribution in [0.3, 0.4) is 0 Å². The van der Waals surface area contributed by atoms with Crippen molar-refractivity contribution < 1.29 is 19.1 Å². The minimum absolute atomic E-state index is 0.0879. The van der Waals surface area contributed by atoms with Crippen molar-refractivity contribution in [3.05, 3.63) is 29.3 Å². The second-order valence-electron chi connectivity index (χ2n) is 5.32. The molecule has 1 aromatic carbocycles. The van der Waals surface area contributed by atoms with Crippen LogP contribution in [0.1, 0.15) is 13.8 Å². The van der Waals surface area contributed by atoms with Crippen LogP contribution in [-0.4, -0.2) is 30.9 Å². The molecule has 0 spiro atoms. The maximum atomic E-state index is 12.3. The highest BCUT2D eigenvalue weighted by Gasteiger charge is 2.35. The van der Waals surface area contributed by atoms with E-state index in [4.69, 9.17) is 11.2 Å². The minimum Gasteiger partial charge on any atom is -0.482 e. The largest absolute Gasteiger partial charge is 0.482 e. The lowest BCUT2D eigenvalue weighted by atomic mass is 10.2. The molecule has 0 fully saturated rings. The molecule has 1 aromatic rings. The van der Waals surface area contributed by atoms with E-state index in [1.165, 1.54) is 4.90 Å². The number of nitrogens with zero attached hydrogens (tertiary/aromatic N) is 2. The monoisotopic (exact) mass is 310 g/mol. The summed E-state index contributed by atoms with van der Waals surface area (Å²) in [6.45, 7) is 3.24. The van der Waals surface area contributed by atoms with Gasteiger partial charge in [0.25, 0.3) is 17.7 Å². The van der Waals surface area contributed by atoms with E-state index >= 15 is 0 Å². The molecule has 3 rings (SSSR count). The van der Waals surface area contributed by atoms with Crippen molar-refractivity contribution in [2.24, 2.45) is 0 Å². The number of ether oxygens (including phenoxy) is 1. The van der Waals surface area contributed by atoms with Gasteiger partial charge in [0.1, 0.15) is 5.75 Å². The van der Waals surface area contributed by atoms with Crippen molar-refractivity contribution in [2.45, 2.75) is 13.8 Å². The van der Waals surface area contributed by atoms with Crippen LogP contribution >= 0.6 is 0 Å². The Hall–Kier alpha value is -3.07. The first kappa shape index (κ1) is 14.9. The van der Waals surface area contributed by atoms with Gasteiger partial charge in [-0.3, -0.25) is 19.3 Å². The van der Waals surface area contributed by atoms with E-state index in [-0.39, 0.29) is 30.9 Å². The number of carbonyl (C=O) groups excluding carboxylic acids is 3. The molecule has 2 heterocycles. The van der Waals surface area contributed by atoms with Gasteiger partial charge in [0.05, 0.1) is 17.9 Å². The summed E-state index contributed by atoms with van der Waals surface area (Å²) in [7, 11) is 0. The number of terminal acetylenes is 1. The zero-order chi connectivity index (χ0) is 16.7. The lowest BCUT2D eigenvalue weighted by Crippen LogP contribution is -2.39. The average molecular weight is 310 g/mol. The van der Waals surface area contributed by atoms with E-state index in [0.29, 0.717) is 28.3 Å². The van der Waals surface area contributed by atoms with Gasteiger partial charge in [0, 0.05) is 11.1 Å². The van der Waals surface area contributed by atoms with Crippen LogP contribution in [0, 0.1) is 12.3 Å². The predicted molar refractivity (Wildman–Crippen MR) is 84.0 cm³/mol. The minimum atomic E-state index is -0.362. The summed E-state index contributed by atoms with van der Waals surface area (Å²) in [5.74, 6) is 1.92. The molecule has 0 radical (unpaired) electrons. The molecule has 0 N–H and O–H groups in total. The Morgan fingerprint density at radius 1 is 1.17 bits per heavy atom. The summed E-state index contributed by atoms with van der Waals surface area (Å²) in [6, 6.07) is 4.82. The van der Waals surface area contributed by atoms with Crippen LogP contribution in [0.15, 0.2) is 29.3 Å². The highest BCUT2D eigenvalue weighted by molar-refractivity contribution is 6.32. The Labute approximate surface area is 133 Å². The fraction of sp³-hybridized carbons (Fsp3) is 0.235. The number of imide groups is 1. The first-order valence-electron chi connectivity index (χ1n) is 7.02. The Morgan fingerprint density at radius 2 is 1.83 bits per heavy atom. The van der Waals surface area contributed by atoms with Gasteiger partial charge < -0.3 is 4.74 Å². The van der Waals surface area contributed by atoms with Crippen molar-refractivity contribution in [2.75, 3.05) is 23.0 Å². The normalized spacial score (nSPS) is 17.3. The Bertz CT molecular complexity index is 792. The van der Waals surface area contributed by atoms with Gasteiger partial charge in [-0.2, -0.15) is 0 Å². The van der Waals surface area contributed by atoms with Gasteiger partial charge in [-0.1, -0.05) is 5.92 Å². The lowest BCUT2D eigenvalue weighted by molar-refractivity contribution is -0.121. The number of amides is 3. The van der Waals surface area contributed by atoms with Crippen molar-refractivity contribution >= 4 is 29.1 Å². The zero-order valence-corrected chi connectivity index (χ0v) is 12.8. The number of hydrogen-bond donors (Lipinski definition) is 0. The SMILES string of the molecule is C#CCN1C(=O)COc2ccc(N3C(=O)C(C)=C(C)C3=O)cc21. The molecule has 0 atom stereocenters. The molecule has 6 heteroatoms.